The molecule has 2 heterocycles. The van der Waals surface area contributed by atoms with Crippen molar-refractivity contribution in [3.63, 3.8) is 0 Å². The minimum absolute atomic E-state index is 0.0198. The first-order valence-electron chi connectivity index (χ1n) is 12.6. The molecule has 3 aromatic rings. The van der Waals surface area contributed by atoms with Crippen LogP contribution in [0.3, 0.4) is 0 Å². The number of benzene rings is 2. The van der Waals surface area contributed by atoms with Crippen LogP contribution < -0.4 is 0 Å². The van der Waals surface area contributed by atoms with E-state index in [1.807, 2.05) is 48.5 Å². The van der Waals surface area contributed by atoms with Gasteiger partial charge >= 0.3 is 11.9 Å². The molecule has 0 radical (unpaired) electrons. The summed E-state index contributed by atoms with van der Waals surface area (Å²) in [7, 11) is 0. The maximum absolute atomic E-state index is 12.4. The first kappa shape index (κ1) is 27.2. The van der Waals surface area contributed by atoms with Gasteiger partial charge in [-0.25, -0.2) is 9.28 Å². The Morgan fingerprint density at radius 3 is 2.45 bits per heavy atom. The predicted octanol–water partition coefficient (Wildman–Crippen LogP) is 4.90. The van der Waals surface area contributed by atoms with Crippen molar-refractivity contribution in [3.05, 3.63) is 64.9 Å². The van der Waals surface area contributed by atoms with E-state index >= 15 is 0 Å². The molecule has 0 bridgehead atoms. The Balaban J connectivity index is 1.70. The minimum Gasteiger partial charge on any atom is -0.474 e. The van der Waals surface area contributed by atoms with Crippen LogP contribution >= 0.6 is 11.6 Å². The number of rotatable bonds is 12. The number of hydrogen-bond donors (Lipinski definition) is 2. The zero-order valence-electron chi connectivity index (χ0n) is 21.4. The lowest BCUT2D eigenvalue weighted by molar-refractivity contribution is -0.811. The quantitative estimate of drug-likeness (QED) is 0.191. The summed E-state index contributed by atoms with van der Waals surface area (Å²) in [6, 6.07) is 15.6. The summed E-state index contributed by atoms with van der Waals surface area (Å²) >= 11 is 6.41. The lowest BCUT2D eigenvalue weighted by Crippen LogP contribution is -2.52. The smallest absolute Gasteiger partial charge is 0.394 e. The number of amidine groups is 1. The van der Waals surface area contributed by atoms with Crippen LogP contribution in [-0.4, -0.2) is 61.1 Å². The molecule has 0 fully saturated rings. The highest BCUT2D eigenvalue weighted by atomic mass is 35.5. The Bertz CT molecular complexity index is 1350. The second kappa shape index (κ2) is 12.1. The molecule has 11 heteroatoms. The number of nitrogens with one attached hydrogen (secondary N) is 1. The van der Waals surface area contributed by atoms with Crippen molar-refractivity contribution in [3.8, 4) is 22.5 Å². The number of carbonyl (C=O) groups is 2. The van der Waals surface area contributed by atoms with Crippen molar-refractivity contribution in [2.75, 3.05) is 13.2 Å². The molecule has 0 spiro atoms. The normalized spacial score (nSPS) is 17.0. The Labute approximate surface area is 225 Å². The van der Waals surface area contributed by atoms with Gasteiger partial charge in [0.05, 0.1) is 13.0 Å². The number of tetrazole rings is 1. The summed E-state index contributed by atoms with van der Waals surface area (Å²) < 4.78 is 5.02. The summed E-state index contributed by atoms with van der Waals surface area (Å²) in [5.41, 5.74) is 3.58. The molecule has 4 rings (SSSR count). The van der Waals surface area contributed by atoms with Gasteiger partial charge in [0.2, 0.25) is 16.8 Å². The molecule has 10 nitrogen and oxygen atoms in total. The van der Waals surface area contributed by atoms with Gasteiger partial charge in [0.15, 0.2) is 0 Å². The van der Waals surface area contributed by atoms with E-state index in [-0.39, 0.29) is 47.4 Å². The number of hydrogen-bond acceptors (Lipinski definition) is 7. The van der Waals surface area contributed by atoms with Crippen LogP contribution in [0.1, 0.15) is 45.1 Å². The molecule has 1 aliphatic heterocycles. The summed E-state index contributed by atoms with van der Waals surface area (Å²) in [6.45, 7) is 4.52. The Morgan fingerprint density at radius 1 is 1.08 bits per heavy atom. The molecule has 0 amide bonds. The highest BCUT2D eigenvalue weighted by molar-refractivity contribution is 6.32. The fourth-order valence-electron chi connectivity index (χ4n) is 4.76. The number of carbonyl (C=O) groups excluding carboxylic acids is 1. The van der Waals surface area contributed by atoms with Crippen LogP contribution in [0.4, 0.5) is 0 Å². The first-order valence-corrected chi connectivity index (χ1v) is 12.9. The topological polar surface area (TPSA) is 130 Å². The maximum Gasteiger partial charge on any atom is 0.394 e. The zero-order chi connectivity index (χ0) is 27.1. The van der Waals surface area contributed by atoms with Crippen molar-refractivity contribution in [2.45, 2.75) is 46.1 Å². The molecule has 2 aromatic carbocycles. The van der Waals surface area contributed by atoms with Gasteiger partial charge in [-0.15, -0.1) is 10.2 Å². The number of aliphatic carboxylic acids is 1. The van der Waals surface area contributed by atoms with E-state index in [2.05, 4.69) is 32.5 Å². The number of aromatic nitrogens is 4. The zero-order valence-corrected chi connectivity index (χ0v) is 22.1. The van der Waals surface area contributed by atoms with Gasteiger partial charge in [0, 0.05) is 17.5 Å². The molecule has 38 heavy (non-hydrogen) atoms. The predicted molar refractivity (Wildman–Crippen MR) is 143 cm³/mol. The van der Waals surface area contributed by atoms with E-state index in [1.54, 1.807) is 6.92 Å². The third-order valence-electron chi connectivity index (χ3n) is 6.53. The number of halogens is 1. The molecule has 198 valence electrons. The molecule has 0 saturated carbocycles. The molecule has 0 saturated heterocycles. The lowest BCUT2D eigenvalue weighted by atomic mass is 9.98. The monoisotopic (exact) mass is 537 g/mol. The highest BCUT2D eigenvalue weighted by Gasteiger charge is 2.49. The fourth-order valence-corrected chi connectivity index (χ4v) is 5.10. The van der Waals surface area contributed by atoms with Crippen LogP contribution in [-0.2, 0) is 20.9 Å². The van der Waals surface area contributed by atoms with E-state index in [1.165, 1.54) is 0 Å². The van der Waals surface area contributed by atoms with Gasteiger partial charge < -0.3 is 9.84 Å². The average molecular weight is 538 g/mol. The van der Waals surface area contributed by atoms with E-state index in [4.69, 9.17) is 16.3 Å². The summed E-state index contributed by atoms with van der Waals surface area (Å²) in [5, 5.41) is 24.5. The summed E-state index contributed by atoms with van der Waals surface area (Å²) in [6.07, 6.45) is 2.34. The number of H-pyrrole nitrogens is 1. The number of aromatic amines is 1. The fraction of sp³-hybridized carbons (Fsp3) is 0.333. The number of esters is 1. The van der Waals surface area contributed by atoms with Gasteiger partial charge in [-0.05, 0) is 29.7 Å². The molecule has 1 atom stereocenters. The van der Waals surface area contributed by atoms with E-state index in [9.17, 15) is 14.7 Å². The van der Waals surface area contributed by atoms with Crippen LogP contribution in [0, 0.1) is 0 Å². The number of unbranched alkanes of at least 4 members (excludes halogenated alkanes) is 1. The van der Waals surface area contributed by atoms with Crippen molar-refractivity contribution in [1.29, 1.82) is 0 Å². The number of carboxylic acids is 1. The summed E-state index contributed by atoms with van der Waals surface area (Å²) in [5.74, 6) is -0.404. The third-order valence-corrected chi connectivity index (χ3v) is 6.80. The molecule has 2 N–H and O–H groups in total. The van der Waals surface area contributed by atoms with Gasteiger partial charge in [0.1, 0.15) is 13.1 Å². The second-order valence-electron chi connectivity index (χ2n) is 8.96. The van der Waals surface area contributed by atoms with Crippen LogP contribution in [0.2, 0.25) is 0 Å². The molecule has 1 aromatic heterocycles. The second-order valence-corrected chi connectivity index (χ2v) is 9.32. The number of carboxylic acid groups (broad SMARTS) is 1. The van der Waals surface area contributed by atoms with Crippen LogP contribution in [0.15, 0.2) is 64.4 Å². The number of aliphatic imine (C=N–C) groups is 1. The Morgan fingerprint density at radius 2 is 1.82 bits per heavy atom. The molecular weight excluding hydrogens is 508 g/mol. The van der Waals surface area contributed by atoms with E-state index < -0.39 is 5.97 Å². The SMILES string of the molecule is CCCCC1=NC(Cl)=C(C(=O)O)[N+]1(CCC(=O)OCC)Cc1ccc(-c2ccccc2-c2nn[nH]n2)cc1. The Kier molecular flexibility index (Phi) is 8.65. The van der Waals surface area contributed by atoms with Gasteiger partial charge in [-0.3, -0.25) is 4.79 Å². The third kappa shape index (κ3) is 5.66. The van der Waals surface area contributed by atoms with Gasteiger partial charge in [-0.2, -0.15) is 10.2 Å². The molecule has 1 unspecified atom stereocenters. The largest absolute Gasteiger partial charge is 0.474 e. The van der Waals surface area contributed by atoms with E-state index in [0.717, 1.165) is 35.1 Å². The van der Waals surface area contributed by atoms with Gasteiger partial charge in [-0.1, -0.05) is 73.5 Å². The van der Waals surface area contributed by atoms with Crippen molar-refractivity contribution in [1.82, 2.24) is 20.6 Å². The van der Waals surface area contributed by atoms with Crippen LogP contribution in [0.25, 0.3) is 22.5 Å². The molecular formula is C27H30ClN6O4+. The Hall–Kier alpha value is -3.89. The number of ether oxygens (including phenoxy) is 1. The number of quaternary nitrogens is 1. The van der Waals surface area contributed by atoms with Crippen molar-refractivity contribution >= 4 is 29.4 Å². The summed E-state index contributed by atoms with van der Waals surface area (Å²) in [4.78, 5) is 29.2. The highest BCUT2D eigenvalue weighted by Crippen LogP contribution is 2.38. The maximum atomic E-state index is 12.4. The van der Waals surface area contributed by atoms with Crippen molar-refractivity contribution < 1.29 is 23.9 Å². The minimum atomic E-state index is -1.15. The lowest BCUT2D eigenvalue weighted by Gasteiger charge is -2.35. The molecule has 0 aliphatic carbocycles. The molecule has 1 aliphatic rings. The number of nitrogens with zero attached hydrogens (tertiary/aromatic N) is 5. The van der Waals surface area contributed by atoms with Crippen LogP contribution in [0.5, 0.6) is 0 Å². The van der Waals surface area contributed by atoms with E-state index in [0.29, 0.717) is 18.1 Å². The van der Waals surface area contributed by atoms with Crippen molar-refractivity contribution in [2.24, 2.45) is 4.99 Å². The first-order chi connectivity index (χ1) is 18.4. The average Bonchev–Trinajstić information content (AvgIpc) is 3.53. The standard InChI is InChI=1S/C27H29ClN6O4/c1-3-5-10-22-29-25(28)24(27(36)37)34(22,16-15-23(35)38-4-2)17-18-11-13-19(14-12-18)20-8-6-7-9-21(20)26-30-32-33-31-26/h6-9,11-14H,3-5,10,15-17H2,1-2H3,(H-,30,31,32,33,36,37)/p+1. The van der Waals surface area contributed by atoms with Gasteiger partial charge in [0.25, 0.3) is 5.70 Å².